The number of anilines is 1. The maximum Gasteiger partial charge on any atom is 0.255 e. The van der Waals surface area contributed by atoms with Gasteiger partial charge in [-0.05, 0) is 26.3 Å². The van der Waals surface area contributed by atoms with Gasteiger partial charge in [0.2, 0.25) is 0 Å². The topological polar surface area (TPSA) is 73.6 Å². The molecular formula is C17H28FN5O2. The van der Waals surface area contributed by atoms with E-state index in [0.717, 1.165) is 26.2 Å². The molecule has 3 rings (SSSR count). The lowest BCUT2D eigenvalue weighted by molar-refractivity contribution is -0.0299. The van der Waals surface area contributed by atoms with Gasteiger partial charge in [-0.25, -0.2) is 9.37 Å². The number of piperidine rings is 1. The predicted molar refractivity (Wildman–Crippen MR) is 94.6 cm³/mol. The van der Waals surface area contributed by atoms with Crippen LogP contribution in [0.3, 0.4) is 0 Å². The van der Waals surface area contributed by atoms with E-state index in [0.29, 0.717) is 38.2 Å². The van der Waals surface area contributed by atoms with Crippen LogP contribution < -0.4 is 10.9 Å². The highest BCUT2D eigenvalue weighted by molar-refractivity contribution is 5.31. The molecule has 140 valence electrons. The Morgan fingerprint density at radius 3 is 2.80 bits per heavy atom. The normalized spacial score (nSPS) is 24.5. The molecule has 2 N–H and O–H groups in total. The van der Waals surface area contributed by atoms with Crippen molar-refractivity contribution in [3.05, 3.63) is 22.7 Å². The standard InChI is InChI=1S/C17H28FN5O2/c1-21-7-3-17(25,4-8-21)12-23-13-20-15(10-16(23)24)19-5-9-22-6-2-14(18)11-22/h10,13-14,19,25H,2-9,11-12H2,1H3. The molecule has 0 saturated carbocycles. The number of hydrogen-bond donors (Lipinski definition) is 2. The molecule has 0 bridgehead atoms. The van der Waals surface area contributed by atoms with E-state index in [4.69, 9.17) is 0 Å². The van der Waals surface area contributed by atoms with Crippen molar-refractivity contribution in [2.45, 2.75) is 37.6 Å². The number of nitrogens with one attached hydrogen (secondary N) is 1. The summed E-state index contributed by atoms with van der Waals surface area (Å²) >= 11 is 0. The van der Waals surface area contributed by atoms with Gasteiger partial charge in [-0.3, -0.25) is 14.3 Å². The third-order valence-electron chi connectivity index (χ3n) is 5.21. The third-order valence-corrected chi connectivity index (χ3v) is 5.21. The van der Waals surface area contributed by atoms with Crippen LogP contribution >= 0.6 is 0 Å². The number of alkyl halides is 1. The van der Waals surface area contributed by atoms with Gasteiger partial charge >= 0.3 is 0 Å². The highest BCUT2D eigenvalue weighted by Crippen LogP contribution is 2.22. The monoisotopic (exact) mass is 353 g/mol. The SMILES string of the molecule is CN1CCC(O)(Cn2cnc(NCCN3CCC(F)C3)cc2=O)CC1. The minimum atomic E-state index is -0.842. The molecule has 0 aromatic carbocycles. The Hall–Kier alpha value is -1.51. The molecule has 25 heavy (non-hydrogen) atoms. The number of aromatic nitrogens is 2. The number of halogens is 1. The first-order valence-electron chi connectivity index (χ1n) is 9.01. The lowest BCUT2D eigenvalue weighted by atomic mass is 9.91. The fraction of sp³-hybridized carbons (Fsp3) is 0.765. The van der Waals surface area contributed by atoms with Crippen LogP contribution in [0.1, 0.15) is 19.3 Å². The Bertz CT molecular complexity index is 630. The molecule has 3 heterocycles. The van der Waals surface area contributed by atoms with Crippen LogP contribution in [0, 0.1) is 0 Å². The van der Waals surface area contributed by atoms with Crippen molar-refractivity contribution in [3.8, 4) is 0 Å². The minimum Gasteiger partial charge on any atom is -0.388 e. The second-order valence-electron chi connectivity index (χ2n) is 7.38. The van der Waals surface area contributed by atoms with Crippen molar-refractivity contribution in [2.24, 2.45) is 0 Å². The molecule has 1 aromatic heterocycles. The van der Waals surface area contributed by atoms with Gasteiger partial charge in [0.25, 0.3) is 5.56 Å². The van der Waals surface area contributed by atoms with Gasteiger partial charge < -0.3 is 15.3 Å². The smallest absolute Gasteiger partial charge is 0.255 e. The molecule has 7 nitrogen and oxygen atoms in total. The van der Waals surface area contributed by atoms with E-state index in [9.17, 15) is 14.3 Å². The van der Waals surface area contributed by atoms with E-state index in [1.165, 1.54) is 17.0 Å². The van der Waals surface area contributed by atoms with Crippen molar-refractivity contribution in [1.29, 1.82) is 0 Å². The van der Waals surface area contributed by atoms with Gasteiger partial charge in [-0.2, -0.15) is 0 Å². The molecule has 0 spiro atoms. The Morgan fingerprint density at radius 2 is 2.16 bits per heavy atom. The average Bonchev–Trinajstić information content (AvgIpc) is 2.99. The number of aliphatic hydroxyl groups is 1. The maximum absolute atomic E-state index is 13.1. The summed E-state index contributed by atoms with van der Waals surface area (Å²) in [6.07, 6.45) is 2.69. The van der Waals surface area contributed by atoms with E-state index in [1.54, 1.807) is 0 Å². The van der Waals surface area contributed by atoms with E-state index < -0.39 is 11.8 Å². The van der Waals surface area contributed by atoms with Gasteiger partial charge in [0, 0.05) is 45.3 Å². The highest BCUT2D eigenvalue weighted by Gasteiger charge is 2.31. The summed E-state index contributed by atoms with van der Waals surface area (Å²) in [5, 5.41) is 13.8. The molecule has 2 aliphatic heterocycles. The molecule has 0 aliphatic carbocycles. The van der Waals surface area contributed by atoms with E-state index in [1.807, 2.05) is 7.05 Å². The van der Waals surface area contributed by atoms with Gasteiger partial charge in [-0.1, -0.05) is 0 Å². The van der Waals surface area contributed by atoms with E-state index >= 15 is 0 Å². The van der Waals surface area contributed by atoms with Crippen LogP contribution in [-0.2, 0) is 6.54 Å². The first-order valence-corrected chi connectivity index (χ1v) is 9.01. The highest BCUT2D eigenvalue weighted by atomic mass is 19.1. The molecule has 2 fully saturated rings. The molecule has 0 amide bonds. The Kier molecular flexibility index (Phi) is 5.71. The number of likely N-dealkylation sites (tertiary alicyclic amines) is 2. The van der Waals surface area contributed by atoms with Gasteiger partial charge in [-0.15, -0.1) is 0 Å². The van der Waals surface area contributed by atoms with E-state index in [2.05, 4.69) is 20.1 Å². The predicted octanol–water partition coefficient (Wildman–Crippen LogP) is 0.156. The molecule has 8 heteroatoms. The zero-order chi connectivity index (χ0) is 17.9. The Morgan fingerprint density at radius 1 is 1.40 bits per heavy atom. The van der Waals surface area contributed by atoms with Gasteiger partial charge in [0.15, 0.2) is 0 Å². The lowest BCUT2D eigenvalue weighted by Crippen LogP contribution is -2.46. The molecule has 1 unspecified atom stereocenters. The van der Waals surface area contributed by atoms with Crippen molar-refractivity contribution in [1.82, 2.24) is 19.4 Å². The summed E-state index contributed by atoms with van der Waals surface area (Å²) < 4.78 is 14.6. The van der Waals surface area contributed by atoms with E-state index in [-0.39, 0.29) is 12.1 Å². The second-order valence-corrected chi connectivity index (χ2v) is 7.38. The summed E-state index contributed by atoms with van der Waals surface area (Å²) in [6.45, 7) is 4.57. The Balaban J connectivity index is 1.51. The van der Waals surface area contributed by atoms with Gasteiger partial charge in [0.05, 0.1) is 18.5 Å². The fourth-order valence-corrected chi connectivity index (χ4v) is 3.48. The first kappa shape index (κ1) is 18.3. The Labute approximate surface area is 147 Å². The van der Waals surface area contributed by atoms with Crippen molar-refractivity contribution >= 4 is 5.82 Å². The number of nitrogens with zero attached hydrogens (tertiary/aromatic N) is 4. The minimum absolute atomic E-state index is 0.171. The van der Waals surface area contributed by atoms with Crippen LogP contribution in [-0.4, -0.2) is 82.5 Å². The molecule has 2 aliphatic rings. The summed E-state index contributed by atoms with van der Waals surface area (Å²) in [4.78, 5) is 20.8. The third kappa shape index (κ3) is 4.99. The molecular weight excluding hydrogens is 325 g/mol. The average molecular weight is 353 g/mol. The van der Waals surface area contributed by atoms with Crippen molar-refractivity contribution < 1.29 is 9.50 Å². The van der Waals surface area contributed by atoms with Crippen LogP contribution in [0.2, 0.25) is 0 Å². The van der Waals surface area contributed by atoms with Crippen LogP contribution in [0.25, 0.3) is 0 Å². The first-order chi connectivity index (χ1) is 11.9. The summed E-state index contributed by atoms with van der Waals surface area (Å²) in [6, 6.07) is 1.46. The molecule has 2 saturated heterocycles. The zero-order valence-electron chi connectivity index (χ0n) is 14.8. The zero-order valence-corrected chi connectivity index (χ0v) is 14.8. The number of rotatable bonds is 6. The van der Waals surface area contributed by atoms with Crippen molar-refractivity contribution in [2.75, 3.05) is 51.6 Å². The molecule has 1 atom stereocenters. The quantitative estimate of drug-likeness (QED) is 0.759. The largest absolute Gasteiger partial charge is 0.388 e. The lowest BCUT2D eigenvalue weighted by Gasteiger charge is -2.36. The molecule has 0 radical (unpaired) electrons. The number of hydrogen-bond acceptors (Lipinski definition) is 6. The fourth-order valence-electron chi connectivity index (χ4n) is 3.48. The van der Waals surface area contributed by atoms with Crippen LogP contribution in [0.15, 0.2) is 17.2 Å². The van der Waals surface area contributed by atoms with Crippen LogP contribution in [0.4, 0.5) is 10.2 Å². The summed E-state index contributed by atoms with van der Waals surface area (Å²) in [7, 11) is 2.03. The van der Waals surface area contributed by atoms with Crippen LogP contribution in [0.5, 0.6) is 0 Å². The maximum atomic E-state index is 13.1. The van der Waals surface area contributed by atoms with Crippen molar-refractivity contribution in [3.63, 3.8) is 0 Å². The molecule has 1 aromatic rings. The van der Waals surface area contributed by atoms with Gasteiger partial charge in [0.1, 0.15) is 12.0 Å². The summed E-state index contributed by atoms with van der Waals surface area (Å²) in [5.74, 6) is 0.521. The second kappa shape index (κ2) is 7.80. The summed E-state index contributed by atoms with van der Waals surface area (Å²) in [5.41, 5.74) is -1.01.